The quantitative estimate of drug-likeness (QED) is 0.864. The maximum Gasteiger partial charge on any atom is 0.231 e. The predicted molar refractivity (Wildman–Crippen MR) is 92.0 cm³/mol. The minimum absolute atomic E-state index is 0.288. The molecule has 2 aromatic heterocycles. The minimum Gasteiger partial charge on any atom is -0.369 e. The lowest BCUT2D eigenvalue weighted by Crippen LogP contribution is -2.31. The molecule has 1 saturated heterocycles. The summed E-state index contributed by atoms with van der Waals surface area (Å²) in [6, 6.07) is 5.88. The Morgan fingerprint density at radius 2 is 2.25 bits per heavy atom. The highest BCUT2D eigenvalue weighted by atomic mass is 16.1. The van der Waals surface area contributed by atoms with Crippen molar-refractivity contribution in [1.29, 1.82) is 0 Å². The van der Waals surface area contributed by atoms with Gasteiger partial charge in [-0.2, -0.15) is 0 Å². The molecule has 3 N–H and O–H groups in total. The van der Waals surface area contributed by atoms with E-state index in [0.717, 1.165) is 48.2 Å². The first-order valence-electron chi connectivity index (χ1n) is 8.06. The molecule has 1 aliphatic rings. The number of aryl methyl sites for hydroxylation is 2. The van der Waals surface area contributed by atoms with E-state index in [1.54, 1.807) is 6.20 Å². The van der Waals surface area contributed by atoms with Gasteiger partial charge in [0.25, 0.3) is 0 Å². The summed E-state index contributed by atoms with van der Waals surface area (Å²) in [6.07, 6.45) is 2.72. The summed E-state index contributed by atoms with van der Waals surface area (Å²) in [5.74, 6) is 2.26. The van der Waals surface area contributed by atoms with Crippen LogP contribution in [-0.4, -0.2) is 45.4 Å². The van der Waals surface area contributed by atoms with Crippen LogP contribution in [0, 0.1) is 13.8 Å². The van der Waals surface area contributed by atoms with Crippen molar-refractivity contribution in [3.63, 3.8) is 0 Å². The maximum atomic E-state index is 11.1. The van der Waals surface area contributed by atoms with E-state index in [9.17, 15) is 4.79 Å². The smallest absolute Gasteiger partial charge is 0.231 e. The molecule has 0 spiro atoms. The van der Waals surface area contributed by atoms with Crippen molar-refractivity contribution in [3.8, 4) is 0 Å². The standard InChI is InChI=1S/C17H22N6O/c1-11-4-3-6-19-17(11)22-16-8-14(20-12(2)21-16)13-5-7-23(9-13)10-15(18)24/h3-4,6,8,13H,5,7,9-10H2,1-2H3,(H2,18,24)(H,19,20,21,22)/t13-/m0/s1. The third kappa shape index (κ3) is 3.86. The summed E-state index contributed by atoms with van der Waals surface area (Å²) in [5.41, 5.74) is 7.33. The van der Waals surface area contributed by atoms with Crippen molar-refractivity contribution in [3.05, 3.63) is 41.5 Å². The van der Waals surface area contributed by atoms with Crippen molar-refractivity contribution in [2.45, 2.75) is 26.2 Å². The summed E-state index contributed by atoms with van der Waals surface area (Å²) in [6.45, 7) is 5.85. The Kier molecular flexibility index (Phi) is 4.71. The molecule has 24 heavy (non-hydrogen) atoms. The van der Waals surface area contributed by atoms with E-state index >= 15 is 0 Å². The topological polar surface area (TPSA) is 97.0 Å². The molecule has 1 atom stereocenters. The number of carbonyl (C=O) groups excluding carboxylic acids is 1. The number of primary amides is 1. The molecule has 0 aromatic carbocycles. The summed E-state index contributed by atoms with van der Waals surface area (Å²) in [5, 5.41) is 3.27. The van der Waals surface area contributed by atoms with E-state index in [-0.39, 0.29) is 11.8 Å². The van der Waals surface area contributed by atoms with Crippen LogP contribution in [-0.2, 0) is 4.79 Å². The normalized spacial score (nSPS) is 17.8. The average Bonchev–Trinajstić information content (AvgIpc) is 2.97. The number of hydrogen-bond donors (Lipinski definition) is 2. The Morgan fingerprint density at radius 1 is 1.42 bits per heavy atom. The summed E-state index contributed by atoms with van der Waals surface area (Å²) in [7, 11) is 0. The number of amides is 1. The van der Waals surface area contributed by atoms with E-state index in [1.807, 2.05) is 32.0 Å². The number of carbonyl (C=O) groups is 1. The molecule has 126 valence electrons. The molecule has 0 radical (unpaired) electrons. The second-order valence-corrected chi connectivity index (χ2v) is 6.21. The van der Waals surface area contributed by atoms with Gasteiger partial charge in [-0.05, 0) is 38.4 Å². The van der Waals surface area contributed by atoms with Crippen molar-refractivity contribution < 1.29 is 4.79 Å². The molecular weight excluding hydrogens is 304 g/mol. The molecule has 0 saturated carbocycles. The van der Waals surface area contributed by atoms with Crippen LogP contribution in [0.1, 0.15) is 29.4 Å². The van der Waals surface area contributed by atoms with Gasteiger partial charge in [-0.3, -0.25) is 9.69 Å². The van der Waals surface area contributed by atoms with Crippen LogP contribution >= 0.6 is 0 Å². The van der Waals surface area contributed by atoms with Crippen molar-refractivity contribution in [2.75, 3.05) is 25.0 Å². The first-order chi connectivity index (χ1) is 11.5. The lowest BCUT2D eigenvalue weighted by molar-refractivity contribution is -0.118. The summed E-state index contributed by atoms with van der Waals surface area (Å²) in [4.78, 5) is 26.5. The number of likely N-dealkylation sites (tertiary alicyclic amines) is 1. The molecule has 7 heteroatoms. The van der Waals surface area contributed by atoms with Crippen LogP contribution in [0.2, 0.25) is 0 Å². The van der Waals surface area contributed by atoms with Crippen molar-refractivity contribution >= 4 is 17.5 Å². The second-order valence-electron chi connectivity index (χ2n) is 6.21. The van der Waals surface area contributed by atoms with Crippen LogP contribution in [0.4, 0.5) is 11.6 Å². The highest BCUT2D eigenvalue weighted by Gasteiger charge is 2.26. The van der Waals surface area contributed by atoms with Gasteiger partial charge in [0.05, 0.1) is 12.2 Å². The van der Waals surface area contributed by atoms with Gasteiger partial charge in [-0.15, -0.1) is 0 Å². The number of nitrogens with two attached hydrogens (primary N) is 1. The Hall–Kier alpha value is -2.54. The number of rotatable bonds is 5. The molecule has 3 heterocycles. The van der Waals surface area contributed by atoms with Crippen molar-refractivity contribution in [2.24, 2.45) is 5.73 Å². The Bertz CT molecular complexity index is 748. The third-order valence-corrected chi connectivity index (χ3v) is 4.18. The maximum absolute atomic E-state index is 11.1. The molecule has 1 fully saturated rings. The number of aromatic nitrogens is 3. The van der Waals surface area contributed by atoms with E-state index in [1.165, 1.54) is 0 Å². The molecule has 3 rings (SSSR count). The number of nitrogens with one attached hydrogen (secondary N) is 1. The molecular formula is C17H22N6O. The van der Waals surface area contributed by atoms with Crippen LogP contribution in [0.25, 0.3) is 0 Å². The van der Waals surface area contributed by atoms with E-state index in [0.29, 0.717) is 6.54 Å². The van der Waals surface area contributed by atoms with E-state index in [4.69, 9.17) is 5.73 Å². The molecule has 0 aliphatic carbocycles. The third-order valence-electron chi connectivity index (χ3n) is 4.18. The zero-order valence-corrected chi connectivity index (χ0v) is 14.0. The molecule has 1 amide bonds. The monoisotopic (exact) mass is 326 g/mol. The molecule has 7 nitrogen and oxygen atoms in total. The largest absolute Gasteiger partial charge is 0.369 e. The first-order valence-corrected chi connectivity index (χ1v) is 8.06. The van der Waals surface area contributed by atoms with Gasteiger partial charge < -0.3 is 11.1 Å². The zero-order chi connectivity index (χ0) is 17.1. The molecule has 1 aliphatic heterocycles. The predicted octanol–water partition coefficient (Wildman–Crippen LogP) is 1.51. The molecule has 0 unspecified atom stereocenters. The van der Waals surface area contributed by atoms with Crippen LogP contribution in [0.15, 0.2) is 24.4 Å². The first kappa shape index (κ1) is 16.3. The highest BCUT2D eigenvalue weighted by molar-refractivity contribution is 5.76. The van der Waals surface area contributed by atoms with Gasteiger partial charge >= 0.3 is 0 Å². The Labute approximate surface area is 141 Å². The fourth-order valence-corrected chi connectivity index (χ4v) is 3.04. The fraction of sp³-hybridized carbons (Fsp3) is 0.412. The van der Waals surface area contributed by atoms with Crippen LogP contribution in [0.5, 0.6) is 0 Å². The lowest BCUT2D eigenvalue weighted by Gasteiger charge is -2.15. The molecule has 2 aromatic rings. The Morgan fingerprint density at radius 3 is 3.00 bits per heavy atom. The minimum atomic E-state index is -0.289. The second kappa shape index (κ2) is 6.92. The zero-order valence-electron chi connectivity index (χ0n) is 14.0. The van der Waals surface area contributed by atoms with Gasteiger partial charge in [-0.1, -0.05) is 6.07 Å². The van der Waals surface area contributed by atoms with E-state index < -0.39 is 0 Å². The summed E-state index contributed by atoms with van der Waals surface area (Å²) < 4.78 is 0. The van der Waals surface area contributed by atoms with E-state index in [2.05, 4.69) is 25.2 Å². The van der Waals surface area contributed by atoms with Gasteiger partial charge in [0.15, 0.2) is 0 Å². The highest BCUT2D eigenvalue weighted by Crippen LogP contribution is 2.27. The fourth-order valence-electron chi connectivity index (χ4n) is 3.04. The van der Waals surface area contributed by atoms with Crippen LogP contribution < -0.4 is 11.1 Å². The number of hydrogen-bond acceptors (Lipinski definition) is 6. The van der Waals surface area contributed by atoms with Crippen LogP contribution in [0.3, 0.4) is 0 Å². The molecule has 0 bridgehead atoms. The SMILES string of the molecule is Cc1nc(Nc2ncccc2C)cc([C@H]2CCN(CC(N)=O)C2)n1. The van der Waals surface area contributed by atoms with Gasteiger partial charge in [0.2, 0.25) is 5.91 Å². The van der Waals surface area contributed by atoms with Gasteiger partial charge in [0.1, 0.15) is 17.5 Å². The number of anilines is 2. The number of nitrogens with zero attached hydrogens (tertiary/aromatic N) is 4. The number of pyridine rings is 1. The Balaban J connectivity index is 1.77. The van der Waals surface area contributed by atoms with Crippen molar-refractivity contribution in [1.82, 2.24) is 19.9 Å². The van der Waals surface area contributed by atoms with Gasteiger partial charge in [0, 0.05) is 24.7 Å². The van der Waals surface area contributed by atoms with Gasteiger partial charge in [-0.25, -0.2) is 15.0 Å². The lowest BCUT2D eigenvalue weighted by atomic mass is 10.0. The summed E-state index contributed by atoms with van der Waals surface area (Å²) >= 11 is 0. The average molecular weight is 326 g/mol.